The van der Waals surface area contributed by atoms with E-state index in [1.54, 1.807) is 16.6 Å². The molecule has 0 bridgehead atoms. The van der Waals surface area contributed by atoms with Gasteiger partial charge in [0.15, 0.2) is 0 Å². The summed E-state index contributed by atoms with van der Waals surface area (Å²) in [5.74, 6) is 0.860. The quantitative estimate of drug-likeness (QED) is 0.678. The normalized spacial score (nSPS) is 16.0. The van der Waals surface area contributed by atoms with Crippen LogP contribution >= 0.6 is 0 Å². The van der Waals surface area contributed by atoms with Crippen molar-refractivity contribution in [2.75, 3.05) is 24.2 Å². The zero-order valence-corrected chi connectivity index (χ0v) is 17.8. The zero-order valence-electron chi connectivity index (χ0n) is 17.0. The van der Waals surface area contributed by atoms with Crippen molar-refractivity contribution in [2.45, 2.75) is 51.5 Å². The van der Waals surface area contributed by atoms with Crippen LogP contribution in [0.15, 0.2) is 42.6 Å². The second-order valence-corrected chi connectivity index (χ2v) is 9.58. The predicted octanol–water partition coefficient (Wildman–Crippen LogP) is 3.22. The third kappa shape index (κ3) is 5.90. The minimum absolute atomic E-state index is 0.0226. The Labute approximate surface area is 173 Å². The first-order chi connectivity index (χ1) is 14.0. The molecule has 0 saturated carbocycles. The molecule has 0 aliphatic carbocycles. The molecule has 1 amide bonds. The van der Waals surface area contributed by atoms with E-state index in [1.807, 2.05) is 29.8 Å². The lowest BCUT2D eigenvalue weighted by Crippen LogP contribution is -2.40. The van der Waals surface area contributed by atoms with E-state index in [0.29, 0.717) is 44.6 Å². The first-order valence-electron chi connectivity index (χ1n) is 10.3. The Balaban J connectivity index is 1.50. The SMILES string of the molecule is CCCS(=O)(=O)N1CCC(n2nccc2NC(=O)CCCc2ccccc2)CC1. The van der Waals surface area contributed by atoms with E-state index in [1.165, 1.54) is 5.56 Å². The number of amides is 1. The number of carbonyl (C=O) groups excluding carboxylic acids is 1. The predicted molar refractivity (Wildman–Crippen MR) is 114 cm³/mol. The molecule has 1 saturated heterocycles. The Kier molecular flexibility index (Phi) is 7.44. The highest BCUT2D eigenvalue weighted by Gasteiger charge is 2.29. The maximum absolute atomic E-state index is 12.4. The summed E-state index contributed by atoms with van der Waals surface area (Å²) in [6.07, 6.45) is 5.81. The molecule has 1 N–H and O–H groups in total. The molecule has 7 nitrogen and oxygen atoms in total. The minimum Gasteiger partial charge on any atom is -0.311 e. The molecule has 2 heterocycles. The molecule has 0 atom stereocenters. The Bertz CT molecular complexity index is 888. The smallest absolute Gasteiger partial charge is 0.225 e. The van der Waals surface area contributed by atoms with Crippen LogP contribution in [-0.4, -0.2) is 47.3 Å². The molecule has 8 heteroatoms. The van der Waals surface area contributed by atoms with E-state index < -0.39 is 10.0 Å². The molecule has 29 heavy (non-hydrogen) atoms. The van der Waals surface area contributed by atoms with Crippen molar-refractivity contribution in [2.24, 2.45) is 0 Å². The van der Waals surface area contributed by atoms with Gasteiger partial charge < -0.3 is 5.32 Å². The van der Waals surface area contributed by atoms with E-state index in [9.17, 15) is 13.2 Å². The Morgan fingerprint density at radius 1 is 1.17 bits per heavy atom. The number of hydrogen-bond acceptors (Lipinski definition) is 4. The molecule has 158 valence electrons. The molecular weight excluding hydrogens is 388 g/mol. The van der Waals surface area contributed by atoms with E-state index >= 15 is 0 Å². The van der Waals surface area contributed by atoms with Gasteiger partial charge in [-0.1, -0.05) is 37.3 Å². The number of rotatable bonds is 9. The number of benzene rings is 1. The van der Waals surface area contributed by atoms with Crippen LogP contribution in [-0.2, 0) is 21.2 Å². The van der Waals surface area contributed by atoms with Gasteiger partial charge in [-0.25, -0.2) is 17.4 Å². The van der Waals surface area contributed by atoms with Crippen molar-refractivity contribution >= 4 is 21.7 Å². The lowest BCUT2D eigenvalue weighted by Gasteiger charge is -2.32. The van der Waals surface area contributed by atoms with Crippen LogP contribution in [0.5, 0.6) is 0 Å². The molecule has 0 unspecified atom stereocenters. The summed E-state index contributed by atoms with van der Waals surface area (Å²) in [6.45, 7) is 2.87. The molecular formula is C21H30N4O3S. The molecule has 3 rings (SSSR count). The van der Waals surface area contributed by atoms with Crippen LogP contribution in [0, 0.1) is 0 Å². The molecule has 1 fully saturated rings. The maximum atomic E-state index is 12.4. The second kappa shape index (κ2) is 10.0. The number of aryl methyl sites for hydroxylation is 1. The van der Waals surface area contributed by atoms with Crippen LogP contribution < -0.4 is 5.32 Å². The monoisotopic (exact) mass is 418 g/mol. The van der Waals surface area contributed by atoms with Gasteiger partial charge in [0.1, 0.15) is 5.82 Å². The number of nitrogens with one attached hydrogen (secondary N) is 1. The average molecular weight is 419 g/mol. The lowest BCUT2D eigenvalue weighted by atomic mass is 10.1. The van der Waals surface area contributed by atoms with Crippen molar-refractivity contribution in [3.05, 3.63) is 48.2 Å². The van der Waals surface area contributed by atoms with Gasteiger partial charge in [-0.2, -0.15) is 5.10 Å². The number of sulfonamides is 1. The van der Waals surface area contributed by atoms with Gasteiger partial charge in [0.05, 0.1) is 18.0 Å². The number of piperidine rings is 1. The molecule has 1 aliphatic rings. The third-order valence-corrected chi connectivity index (χ3v) is 7.35. The van der Waals surface area contributed by atoms with Crippen LogP contribution in [0.25, 0.3) is 0 Å². The van der Waals surface area contributed by atoms with Crippen LogP contribution in [0.3, 0.4) is 0 Å². The molecule has 0 radical (unpaired) electrons. The summed E-state index contributed by atoms with van der Waals surface area (Å²) in [5.41, 5.74) is 1.23. The largest absolute Gasteiger partial charge is 0.311 e. The Morgan fingerprint density at radius 3 is 2.59 bits per heavy atom. The van der Waals surface area contributed by atoms with Crippen molar-refractivity contribution in [3.8, 4) is 0 Å². The maximum Gasteiger partial charge on any atom is 0.225 e. The highest BCUT2D eigenvalue weighted by molar-refractivity contribution is 7.89. The van der Waals surface area contributed by atoms with E-state index in [2.05, 4.69) is 22.5 Å². The summed E-state index contributed by atoms with van der Waals surface area (Å²) in [5, 5.41) is 7.34. The molecule has 0 spiro atoms. The van der Waals surface area contributed by atoms with Crippen molar-refractivity contribution in [3.63, 3.8) is 0 Å². The van der Waals surface area contributed by atoms with Crippen molar-refractivity contribution in [1.29, 1.82) is 0 Å². The fourth-order valence-electron chi connectivity index (χ4n) is 3.76. The number of hydrogen-bond donors (Lipinski definition) is 1. The highest BCUT2D eigenvalue weighted by atomic mass is 32.2. The van der Waals surface area contributed by atoms with Crippen LogP contribution in [0.2, 0.25) is 0 Å². The fraction of sp³-hybridized carbons (Fsp3) is 0.524. The molecule has 1 aromatic heterocycles. The number of carbonyl (C=O) groups is 1. The van der Waals surface area contributed by atoms with Crippen molar-refractivity contribution < 1.29 is 13.2 Å². The third-order valence-electron chi connectivity index (χ3n) is 5.27. The molecule has 1 aromatic carbocycles. The average Bonchev–Trinajstić information content (AvgIpc) is 3.17. The number of anilines is 1. The van der Waals surface area contributed by atoms with Gasteiger partial charge in [0.2, 0.25) is 15.9 Å². The summed E-state index contributed by atoms with van der Waals surface area (Å²) < 4.78 is 27.9. The molecule has 2 aromatic rings. The van der Waals surface area contributed by atoms with E-state index in [4.69, 9.17) is 0 Å². The van der Waals surface area contributed by atoms with Crippen LogP contribution in [0.4, 0.5) is 5.82 Å². The highest BCUT2D eigenvalue weighted by Crippen LogP contribution is 2.27. The minimum atomic E-state index is -3.15. The lowest BCUT2D eigenvalue weighted by molar-refractivity contribution is -0.116. The first kappa shape index (κ1) is 21.5. The van der Waals surface area contributed by atoms with Gasteiger partial charge in [0, 0.05) is 25.6 Å². The molecule has 1 aliphatic heterocycles. The zero-order chi connectivity index (χ0) is 20.7. The van der Waals surface area contributed by atoms with E-state index in [-0.39, 0.29) is 17.7 Å². The second-order valence-electron chi connectivity index (χ2n) is 7.49. The number of aromatic nitrogens is 2. The first-order valence-corrected chi connectivity index (χ1v) is 12.0. The van der Waals surface area contributed by atoms with Crippen molar-refractivity contribution in [1.82, 2.24) is 14.1 Å². The fourth-order valence-corrected chi connectivity index (χ4v) is 5.30. The van der Waals surface area contributed by atoms with Gasteiger partial charge in [-0.3, -0.25) is 4.79 Å². The van der Waals surface area contributed by atoms with Gasteiger partial charge >= 0.3 is 0 Å². The Morgan fingerprint density at radius 2 is 1.90 bits per heavy atom. The standard InChI is InChI=1S/C21H30N4O3S/c1-2-17-29(27,28)24-15-12-19(13-16-24)25-20(11-14-22-25)23-21(26)10-6-9-18-7-4-3-5-8-18/h3-5,7-8,11,14,19H,2,6,9-10,12-13,15-17H2,1H3,(H,23,26). The van der Waals surface area contributed by atoms with E-state index in [0.717, 1.165) is 12.8 Å². The summed E-state index contributed by atoms with van der Waals surface area (Å²) >= 11 is 0. The summed E-state index contributed by atoms with van der Waals surface area (Å²) in [4.78, 5) is 12.4. The topological polar surface area (TPSA) is 84.3 Å². The van der Waals surface area contributed by atoms with Gasteiger partial charge in [-0.15, -0.1) is 0 Å². The van der Waals surface area contributed by atoms with Gasteiger partial charge in [-0.05, 0) is 37.7 Å². The number of nitrogens with zero attached hydrogens (tertiary/aromatic N) is 3. The summed E-state index contributed by atoms with van der Waals surface area (Å²) in [7, 11) is -3.15. The van der Waals surface area contributed by atoms with Gasteiger partial charge in [0.25, 0.3) is 0 Å². The Hall–Kier alpha value is -2.19. The van der Waals surface area contributed by atoms with Crippen LogP contribution in [0.1, 0.15) is 50.6 Å². The summed E-state index contributed by atoms with van der Waals surface area (Å²) in [6, 6.07) is 12.0.